The van der Waals surface area contributed by atoms with Gasteiger partial charge >= 0.3 is 0 Å². The second-order valence-electron chi connectivity index (χ2n) is 7.69. The summed E-state index contributed by atoms with van der Waals surface area (Å²) < 4.78 is 16.8. The summed E-state index contributed by atoms with van der Waals surface area (Å²) in [6.07, 6.45) is 0. The van der Waals surface area contributed by atoms with Gasteiger partial charge in [0.05, 0.1) is 0 Å². The maximum Gasteiger partial charge on any atom is 0.274 e. The van der Waals surface area contributed by atoms with Gasteiger partial charge in [-0.25, -0.2) is 4.98 Å². The summed E-state index contributed by atoms with van der Waals surface area (Å²) in [5.74, 6) is 1.49. The molecule has 0 fully saturated rings. The van der Waals surface area contributed by atoms with E-state index in [4.69, 9.17) is 13.9 Å². The SMILES string of the molecule is CC(=O)Nc1ccc(-c2oc(-c3ccccc3)nc2C(=O)NCc2ccc3c(c2)OCO3)cc1. The molecule has 5 rings (SSSR count). The average Bonchev–Trinajstić information content (AvgIpc) is 3.50. The predicted molar refractivity (Wildman–Crippen MR) is 125 cm³/mol. The molecule has 1 aliphatic heterocycles. The van der Waals surface area contributed by atoms with Gasteiger partial charge in [-0.05, 0) is 54.1 Å². The van der Waals surface area contributed by atoms with Crippen molar-refractivity contribution in [3.8, 4) is 34.3 Å². The van der Waals surface area contributed by atoms with Crippen LogP contribution in [0.1, 0.15) is 23.0 Å². The lowest BCUT2D eigenvalue weighted by atomic mass is 10.1. The van der Waals surface area contributed by atoms with E-state index < -0.39 is 0 Å². The lowest BCUT2D eigenvalue weighted by Gasteiger charge is -2.07. The van der Waals surface area contributed by atoms with Crippen LogP contribution in [0.3, 0.4) is 0 Å². The van der Waals surface area contributed by atoms with E-state index in [0.29, 0.717) is 34.4 Å². The monoisotopic (exact) mass is 455 g/mol. The van der Waals surface area contributed by atoms with Crippen LogP contribution in [-0.2, 0) is 11.3 Å². The number of oxazole rings is 1. The number of benzene rings is 3. The van der Waals surface area contributed by atoms with Crippen LogP contribution in [0.4, 0.5) is 5.69 Å². The van der Waals surface area contributed by atoms with Crippen molar-refractivity contribution in [3.63, 3.8) is 0 Å². The van der Waals surface area contributed by atoms with Gasteiger partial charge in [-0.3, -0.25) is 9.59 Å². The van der Waals surface area contributed by atoms with Gasteiger partial charge in [-0.2, -0.15) is 0 Å². The molecule has 8 nitrogen and oxygen atoms in total. The Kier molecular flexibility index (Phi) is 5.70. The standard InChI is InChI=1S/C26H21N3O5/c1-16(30)28-20-10-8-18(9-11-20)24-23(29-26(34-24)19-5-3-2-4-6-19)25(31)27-14-17-7-12-21-22(13-17)33-15-32-21/h2-13H,14-15H2,1H3,(H,27,31)(H,28,30). The lowest BCUT2D eigenvalue weighted by molar-refractivity contribution is -0.114. The molecule has 0 unspecified atom stereocenters. The quantitative estimate of drug-likeness (QED) is 0.440. The molecule has 2 heterocycles. The number of anilines is 1. The fourth-order valence-electron chi connectivity index (χ4n) is 3.60. The van der Waals surface area contributed by atoms with E-state index >= 15 is 0 Å². The Balaban J connectivity index is 1.43. The van der Waals surface area contributed by atoms with Gasteiger partial charge in [0.1, 0.15) is 0 Å². The van der Waals surface area contributed by atoms with Crippen molar-refractivity contribution in [3.05, 3.63) is 84.1 Å². The summed E-state index contributed by atoms with van der Waals surface area (Å²) >= 11 is 0. The molecule has 0 atom stereocenters. The zero-order valence-corrected chi connectivity index (χ0v) is 18.3. The number of carbonyl (C=O) groups excluding carboxylic acids is 2. The number of rotatable bonds is 6. The number of carbonyl (C=O) groups is 2. The normalized spacial score (nSPS) is 11.8. The molecule has 1 aromatic heterocycles. The Morgan fingerprint density at radius 2 is 1.68 bits per heavy atom. The van der Waals surface area contributed by atoms with Crippen LogP contribution in [0, 0.1) is 0 Å². The minimum Gasteiger partial charge on any atom is -0.454 e. The maximum absolute atomic E-state index is 13.2. The summed E-state index contributed by atoms with van der Waals surface area (Å²) in [4.78, 5) is 29.0. The van der Waals surface area contributed by atoms with Gasteiger partial charge in [0.2, 0.25) is 18.6 Å². The number of ether oxygens (including phenoxy) is 2. The van der Waals surface area contributed by atoms with E-state index in [1.54, 1.807) is 24.3 Å². The van der Waals surface area contributed by atoms with Crippen molar-refractivity contribution in [2.24, 2.45) is 0 Å². The summed E-state index contributed by atoms with van der Waals surface area (Å²) in [6.45, 7) is 1.92. The third kappa shape index (κ3) is 4.47. The van der Waals surface area contributed by atoms with Crippen molar-refractivity contribution in [2.75, 3.05) is 12.1 Å². The maximum atomic E-state index is 13.2. The molecule has 1 aliphatic rings. The number of fused-ring (bicyclic) bond motifs is 1. The van der Waals surface area contributed by atoms with Gasteiger partial charge in [0.15, 0.2) is 23.0 Å². The Morgan fingerprint density at radius 1 is 0.912 bits per heavy atom. The highest BCUT2D eigenvalue weighted by atomic mass is 16.7. The van der Waals surface area contributed by atoms with E-state index in [2.05, 4.69) is 15.6 Å². The zero-order valence-electron chi connectivity index (χ0n) is 18.3. The first kappa shape index (κ1) is 21.3. The van der Waals surface area contributed by atoms with Gasteiger partial charge in [-0.15, -0.1) is 0 Å². The van der Waals surface area contributed by atoms with E-state index in [-0.39, 0.29) is 30.8 Å². The lowest BCUT2D eigenvalue weighted by Crippen LogP contribution is -2.23. The van der Waals surface area contributed by atoms with E-state index in [1.165, 1.54) is 6.92 Å². The van der Waals surface area contributed by atoms with Crippen molar-refractivity contribution in [1.82, 2.24) is 10.3 Å². The fraction of sp³-hybridized carbons (Fsp3) is 0.115. The molecule has 0 saturated carbocycles. The van der Waals surface area contributed by atoms with Crippen LogP contribution in [0.15, 0.2) is 77.2 Å². The van der Waals surface area contributed by atoms with Gasteiger partial charge in [0, 0.05) is 30.3 Å². The zero-order chi connectivity index (χ0) is 23.5. The first-order valence-electron chi connectivity index (χ1n) is 10.7. The molecule has 0 radical (unpaired) electrons. The van der Waals surface area contributed by atoms with E-state index in [0.717, 1.165) is 11.1 Å². The number of hydrogen-bond donors (Lipinski definition) is 2. The second kappa shape index (κ2) is 9.11. The van der Waals surface area contributed by atoms with Crippen LogP contribution in [0.25, 0.3) is 22.8 Å². The van der Waals surface area contributed by atoms with E-state index in [9.17, 15) is 9.59 Å². The Hall–Kier alpha value is -4.59. The molecule has 2 N–H and O–H groups in total. The average molecular weight is 455 g/mol. The van der Waals surface area contributed by atoms with Crippen LogP contribution in [-0.4, -0.2) is 23.6 Å². The molecule has 0 aliphatic carbocycles. The third-order valence-corrected chi connectivity index (χ3v) is 5.22. The molecule has 3 aromatic carbocycles. The first-order valence-corrected chi connectivity index (χ1v) is 10.7. The predicted octanol–water partition coefficient (Wildman–Crippen LogP) is 4.63. The summed E-state index contributed by atoms with van der Waals surface area (Å²) in [5, 5.41) is 5.63. The molecule has 170 valence electrons. The number of nitrogens with one attached hydrogen (secondary N) is 2. The minimum absolute atomic E-state index is 0.164. The van der Waals surface area contributed by atoms with Crippen LogP contribution >= 0.6 is 0 Å². The molecule has 4 aromatic rings. The van der Waals surface area contributed by atoms with Crippen molar-refractivity contribution in [1.29, 1.82) is 0 Å². The van der Waals surface area contributed by atoms with Crippen molar-refractivity contribution < 1.29 is 23.5 Å². The Morgan fingerprint density at radius 3 is 2.44 bits per heavy atom. The Labute approximate surface area is 195 Å². The first-order chi connectivity index (χ1) is 16.6. The number of aromatic nitrogens is 1. The molecule has 2 amide bonds. The van der Waals surface area contributed by atoms with Crippen LogP contribution in [0.2, 0.25) is 0 Å². The van der Waals surface area contributed by atoms with Gasteiger partial charge < -0.3 is 24.5 Å². The largest absolute Gasteiger partial charge is 0.454 e. The highest BCUT2D eigenvalue weighted by Gasteiger charge is 2.23. The number of hydrogen-bond acceptors (Lipinski definition) is 6. The highest BCUT2D eigenvalue weighted by molar-refractivity contribution is 5.98. The molecular weight excluding hydrogens is 434 g/mol. The molecule has 0 bridgehead atoms. The number of amides is 2. The summed E-state index contributed by atoms with van der Waals surface area (Å²) in [5.41, 5.74) is 3.11. The van der Waals surface area contributed by atoms with E-state index in [1.807, 2.05) is 48.5 Å². The van der Waals surface area contributed by atoms with Gasteiger partial charge in [-0.1, -0.05) is 24.3 Å². The van der Waals surface area contributed by atoms with Crippen LogP contribution < -0.4 is 20.1 Å². The number of nitrogens with zero attached hydrogens (tertiary/aromatic N) is 1. The fourth-order valence-corrected chi connectivity index (χ4v) is 3.60. The smallest absolute Gasteiger partial charge is 0.274 e. The second-order valence-corrected chi connectivity index (χ2v) is 7.69. The Bertz CT molecular complexity index is 1350. The molecule has 34 heavy (non-hydrogen) atoms. The topological polar surface area (TPSA) is 103 Å². The summed E-state index contributed by atoms with van der Waals surface area (Å²) in [6, 6.07) is 21.9. The van der Waals surface area contributed by atoms with Gasteiger partial charge in [0.25, 0.3) is 5.91 Å². The van der Waals surface area contributed by atoms with Crippen molar-refractivity contribution >= 4 is 17.5 Å². The molecule has 0 saturated heterocycles. The summed E-state index contributed by atoms with van der Waals surface area (Å²) in [7, 11) is 0. The molecule has 8 heteroatoms. The van der Waals surface area contributed by atoms with Crippen molar-refractivity contribution in [2.45, 2.75) is 13.5 Å². The molecule has 0 spiro atoms. The highest BCUT2D eigenvalue weighted by Crippen LogP contribution is 2.33. The van der Waals surface area contributed by atoms with Crippen LogP contribution in [0.5, 0.6) is 11.5 Å². The minimum atomic E-state index is -0.371. The third-order valence-electron chi connectivity index (χ3n) is 5.22. The molecular formula is C26H21N3O5.